The fourth-order valence-corrected chi connectivity index (χ4v) is 2.81. The predicted octanol–water partition coefficient (Wildman–Crippen LogP) is 3.90. The molecule has 0 spiro atoms. The highest BCUT2D eigenvalue weighted by Gasteiger charge is 2.23. The summed E-state index contributed by atoms with van der Waals surface area (Å²) in [6.45, 7) is 3.59. The molecular weight excluding hydrogens is 314 g/mol. The van der Waals surface area contributed by atoms with E-state index in [1.165, 1.54) is 0 Å². The van der Waals surface area contributed by atoms with Crippen molar-refractivity contribution in [2.75, 3.05) is 0 Å². The summed E-state index contributed by atoms with van der Waals surface area (Å²) in [6.07, 6.45) is 3.27. The number of carboxylic acids is 1. The molecule has 0 saturated carbocycles. The molecule has 0 bridgehead atoms. The van der Waals surface area contributed by atoms with Gasteiger partial charge >= 0.3 is 5.97 Å². The van der Waals surface area contributed by atoms with Gasteiger partial charge in [0.15, 0.2) is 0 Å². The number of benzene rings is 1. The minimum atomic E-state index is -1.01. The molecule has 116 valence electrons. The summed E-state index contributed by atoms with van der Waals surface area (Å²) in [4.78, 5) is 15.8. The van der Waals surface area contributed by atoms with E-state index >= 15 is 0 Å². The first-order valence-electron chi connectivity index (χ1n) is 6.99. The summed E-state index contributed by atoms with van der Waals surface area (Å²) in [5, 5.41) is 14.6. The number of rotatable bonds is 3. The molecule has 3 rings (SSSR count). The second-order valence-electron chi connectivity index (χ2n) is 5.20. The molecule has 23 heavy (non-hydrogen) atoms. The van der Waals surface area contributed by atoms with Crippen molar-refractivity contribution in [2.24, 2.45) is 0 Å². The first-order valence-corrected chi connectivity index (χ1v) is 7.36. The van der Waals surface area contributed by atoms with Gasteiger partial charge in [-0.05, 0) is 49.7 Å². The number of carbonyl (C=O) groups is 1. The molecule has 0 aliphatic carbocycles. The third-order valence-corrected chi connectivity index (χ3v) is 3.83. The van der Waals surface area contributed by atoms with Crippen LogP contribution in [0.2, 0.25) is 5.02 Å². The standard InChI is InChI=1S/C17H14ClN3O2/c1-10-8-13(18)5-6-14(10)21-16(12-4-3-7-19-9-12)15(17(22)23)11(2)20-21/h3-9H,1-2H3,(H,22,23). The molecule has 6 heteroatoms. The number of pyridine rings is 1. The Morgan fingerprint density at radius 3 is 2.65 bits per heavy atom. The average Bonchev–Trinajstić information content (AvgIpc) is 2.85. The molecule has 0 atom stereocenters. The van der Waals surface area contributed by atoms with Crippen LogP contribution in [0.4, 0.5) is 0 Å². The van der Waals surface area contributed by atoms with Gasteiger partial charge in [0.1, 0.15) is 5.56 Å². The fourth-order valence-electron chi connectivity index (χ4n) is 2.58. The van der Waals surface area contributed by atoms with Gasteiger partial charge in [-0.1, -0.05) is 11.6 Å². The van der Waals surface area contributed by atoms with E-state index in [-0.39, 0.29) is 5.56 Å². The zero-order chi connectivity index (χ0) is 16.6. The number of hydrogen-bond acceptors (Lipinski definition) is 3. The van der Waals surface area contributed by atoms with E-state index in [2.05, 4.69) is 10.1 Å². The average molecular weight is 328 g/mol. The van der Waals surface area contributed by atoms with Gasteiger partial charge in [-0.15, -0.1) is 0 Å². The Morgan fingerprint density at radius 2 is 2.04 bits per heavy atom. The lowest BCUT2D eigenvalue weighted by molar-refractivity contribution is 0.0697. The maximum Gasteiger partial charge on any atom is 0.339 e. The summed E-state index contributed by atoms with van der Waals surface area (Å²) in [7, 11) is 0. The SMILES string of the molecule is Cc1cc(Cl)ccc1-n1nc(C)c(C(=O)O)c1-c1cccnc1. The van der Waals surface area contributed by atoms with Crippen LogP contribution in [-0.2, 0) is 0 Å². The number of hydrogen-bond donors (Lipinski definition) is 1. The zero-order valence-electron chi connectivity index (χ0n) is 12.6. The number of halogens is 1. The topological polar surface area (TPSA) is 68.0 Å². The monoisotopic (exact) mass is 327 g/mol. The smallest absolute Gasteiger partial charge is 0.339 e. The minimum Gasteiger partial charge on any atom is -0.478 e. The molecule has 0 saturated heterocycles. The summed E-state index contributed by atoms with van der Waals surface area (Å²) < 4.78 is 1.64. The Balaban J connectivity index is 2.34. The molecule has 5 nitrogen and oxygen atoms in total. The van der Waals surface area contributed by atoms with Crippen molar-refractivity contribution in [1.82, 2.24) is 14.8 Å². The zero-order valence-corrected chi connectivity index (χ0v) is 13.4. The van der Waals surface area contributed by atoms with Crippen LogP contribution in [0.15, 0.2) is 42.7 Å². The minimum absolute atomic E-state index is 0.173. The van der Waals surface area contributed by atoms with Crippen molar-refractivity contribution >= 4 is 17.6 Å². The Bertz CT molecular complexity index is 888. The summed E-state index contributed by atoms with van der Waals surface area (Å²) >= 11 is 6.01. The maximum absolute atomic E-state index is 11.7. The molecule has 2 heterocycles. The number of aryl methyl sites for hydroxylation is 2. The quantitative estimate of drug-likeness (QED) is 0.792. The summed E-state index contributed by atoms with van der Waals surface area (Å²) in [5.74, 6) is -1.01. The molecule has 0 unspecified atom stereocenters. The van der Waals surface area contributed by atoms with Crippen molar-refractivity contribution in [2.45, 2.75) is 13.8 Å². The first kappa shape index (κ1) is 15.2. The van der Waals surface area contributed by atoms with E-state index in [1.807, 2.05) is 25.1 Å². The molecule has 2 aromatic heterocycles. The van der Waals surface area contributed by atoms with Crippen molar-refractivity contribution in [3.63, 3.8) is 0 Å². The summed E-state index contributed by atoms with van der Waals surface area (Å²) in [6, 6.07) is 8.99. The normalized spacial score (nSPS) is 10.7. The largest absolute Gasteiger partial charge is 0.478 e. The van der Waals surface area contributed by atoms with Gasteiger partial charge in [0, 0.05) is 23.0 Å². The van der Waals surface area contributed by atoms with Gasteiger partial charge in [0.05, 0.1) is 17.1 Å². The Hall–Kier alpha value is -2.66. The van der Waals surface area contributed by atoms with Crippen molar-refractivity contribution in [1.29, 1.82) is 0 Å². The van der Waals surface area contributed by atoms with Crippen LogP contribution in [0.5, 0.6) is 0 Å². The lowest BCUT2D eigenvalue weighted by Gasteiger charge is -2.11. The molecule has 1 aromatic carbocycles. The van der Waals surface area contributed by atoms with Gasteiger partial charge in [0.2, 0.25) is 0 Å². The second kappa shape index (κ2) is 5.85. The molecule has 0 fully saturated rings. The predicted molar refractivity (Wildman–Crippen MR) is 88.2 cm³/mol. The van der Waals surface area contributed by atoms with Crippen LogP contribution >= 0.6 is 11.6 Å². The molecule has 1 N–H and O–H groups in total. The van der Waals surface area contributed by atoms with Crippen LogP contribution in [-0.4, -0.2) is 25.8 Å². The van der Waals surface area contributed by atoms with E-state index < -0.39 is 5.97 Å². The van der Waals surface area contributed by atoms with Crippen LogP contribution < -0.4 is 0 Å². The van der Waals surface area contributed by atoms with E-state index in [0.717, 1.165) is 11.3 Å². The van der Waals surface area contributed by atoms with Gasteiger partial charge in [-0.3, -0.25) is 4.98 Å². The fraction of sp³-hybridized carbons (Fsp3) is 0.118. The highest BCUT2D eigenvalue weighted by Crippen LogP contribution is 2.30. The van der Waals surface area contributed by atoms with Gasteiger partial charge in [0.25, 0.3) is 0 Å². The van der Waals surface area contributed by atoms with Crippen LogP contribution in [0, 0.1) is 13.8 Å². The highest BCUT2D eigenvalue weighted by atomic mass is 35.5. The Labute approximate surface area is 138 Å². The lowest BCUT2D eigenvalue weighted by atomic mass is 10.1. The van der Waals surface area contributed by atoms with Crippen LogP contribution in [0.25, 0.3) is 16.9 Å². The second-order valence-corrected chi connectivity index (χ2v) is 5.63. The Morgan fingerprint density at radius 1 is 1.26 bits per heavy atom. The van der Waals surface area contributed by atoms with Crippen molar-refractivity contribution in [3.8, 4) is 16.9 Å². The lowest BCUT2D eigenvalue weighted by Crippen LogP contribution is -2.04. The van der Waals surface area contributed by atoms with E-state index in [0.29, 0.717) is 22.0 Å². The Kier molecular flexibility index (Phi) is 3.88. The van der Waals surface area contributed by atoms with Crippen LogP contribution in [0.1, 0.15) is 21.6 Å². The van der Waals surface area contributed by atoms with Crippen molar-refractivity contribution < 1.29 is 9.90 Å². The van der Waals surface area contributed by atoms with E-state index in [4.69, 9.17) is 11.6 Å². The number of aromatic carboxylic acids is 1. The highest BCUT2D eigenvalue weighted by molar-refractivity contribution is 6.30. The molecule has 0 aliphatic heterocycles. The van der Waals surface area contributed by atoms with E-state index in [1.54, 1.807) is 36.1 Å². The third-order valence-electron chi connectivity index (χ3n) is 3.60. The number of aromatic nitrogens is 3. The molecular formula is C17H14ClN3O2. The van der Waals surface area contributed by atoms with Gasteiger partial charge in [-0.25, -0.2) is 9.48 Å². The van der Waals surface area contributed by atoms with Crippen molar-refractivity contribution in [3.05, 3.63) is 64.6 Å². The first-order chi connectivity index (χ1) is 11.0. The van der Waals surface area contributed by atoms with Crippen LogP contribution in [0.3, 0.4) is 0 Å². The van der Waals surface area contributed by atoms with Gasteiger partial charge in [-0.2, -0.15) is 5.10 Å². The summed E-state index contributed by atoms with van der Waals surface area (Å²) in [5.41, 5.74) is 3.51. The molecule has 0 amide bonds. The molecule has 0 aliphatic rings. The number of carboxylic acid groups (broad SMARTS) is 1. The third kappa shape index (κ3) is 2.71. The number of nitrogens with zero attached hydrogens (tertiary/aromatic N) is 3. The van der Waals surface area contributed by atoms with E-state index in [9.17, 15) is 9.90 Å². The van der Waals surface area contributed by atoms with Gasteiger partial charge < -0.3 is 5.11 Å². The molecule has 3 aromatic rings. The maximum atomic E-state index is 11.7. The molecule has 0 radical (unpaired) electrons.